The fourth-order valence-electron chi connectivity index (χ4n) is 4.10. The molecule has 0 unspecified atom stereocenters. The van der Waals surface area contributed by atoms with E-state index >= 15 is 0 Å². The predicted molar refractivity (Wildman–Crippen MR) is 125 cm³/mol. The molecule has 1 heterocycles. The van der Waals surface area contributed by atoms with Gasteiger partial charge in [-0.15, -0.1) is 0 Å². The zero-order valence-electron chi connectivity index (χ0n) is 18.1. The summed E-state index contributed by atoms with van der Waals surface area (Å²) in [5, 5.41) is 5.63. The normalized spacial score (nSPS) is 11.5. The Hall–Kier alpha value is -3.73. The van der Waals surface area contributed by atoms with Gasteiger partial charge in [0.05, 0.1) is 5.52 Å². The Morgan fingerprint density at radius 1 is 1.03 bits per heavy atom. The van der Waals surface area contributed by atoms with Crippen molar-refractivity contribution in [2.24, 2.45) is 5.16 Å². The molecule has 0 fully saturated rings. The van der Waals surface area contributed by atoms with Crippen LogP contribution in [0.5, 0.6) is 5.75 Å². The van der Waals surface area contributed by atoms with E-state index in [4.69, 9.17) is 4.84 Å². The minimum absolute atomic E-state index is 0.0211. The number of Topliss-reactive ketones (excluding diaryl/α,β-unsaturated/α-hetero) is 1. The second-order valence-electron chi connectivity index (χ2n) is 7.50. The number of carbonyl (C=O) groups excluding carboxylic acids is 2. The molecule has 0 radical (unpaired) electrons. The van der Waals surface area contributed by atoms with Gasteiger partial charge in [-0.25, -0.2) is 0 Å². The Morgan fingerprint density at radius 2 is 1.81 bits per heavy atom. The largest absolute Gasteiger partial charge is 0.357 e. The van der Waals surface area contributed by atoms with Crippen molar-refractivity contribution in [1.29, 1.82) is 0 Å². The highest BCUT2D eigenvalue weighted by Crippen LogP contribution is 2.36. The summed E-state index contributed by atoms with van der Waals surface area (Å²) < 4.78 is 2.11. The molecule has 0 saturated carbocycles. The van der Waals surface area contributed by atoms with E-state index in [0.717, 1.165) is 27.4 Å². The molecule has 5 nitrogen and oxygen atoms in total. The Labute approximate surface area is 180 Å². The Kier molecular flexibility index (Phi) is 5.42. The highest BCUT2D eigenvalue weighted by atomic mass is 16.6. The van der Waals surface area contributed by atoms with Crippen LogP contribution in [0.1, 0.15) is 52.6 Å². The molecule has 0 bridgehead atoms. The van der Waals surface area contributed by atoms with Gasteiger partial charge >= 0.3 is 0 Å². The van der Waals surface area contributed by atoms with Crippen molar-refractivity contribution in [3.63, 3.8) is 0 Å². The van der Waals surface area contributed by atoms with E-state index in [1.165, 1.54) is 0 Å². The van der Waals surface area contributed by atoms with Gasteiger partial charge in [0.1, 0.15) is 0 Å². The summed E-state index contributed by atoms with van der Waals surface area (Å²) in [4.78, 5) is 31.1. The molecule has 156 valence electrons. The van der Waals surface area contributed by atoms with Gasteiger partial charge in [0.25, 0.3) is 0 Å². The van der Waals surface area contributed by atoms with Crippen molar-refractivity contribution < 1.29 is 14.4 Å². The van der Waals surface area contributed by atoms with E-state index in [9.17, 15) is 9.59 Å². The van der Waals surface area contributed by atoms with Crippen LogP contribution in [0.2, 0.25) is 0 Å². The minimum Gasteiger partial charge on any atom is -0.357 e. The third kappa shape index (κ3) is 3.52. The first-order valence-corrected chi connectivity index (χ1v) is 10.3. The standard InChI is InChI=1S/C26H24N2O3/c1-5-27-31-19-14-21(17(4)29)25-23(15-19)22-13-18(11-12-24(22)28(25)6-2)26(30)20-10-8-7-9-16(20)3/h5,7-15H,6H2,1-4H3/b27-5+. The number of oxime groups is 1. The Morgan fingerprint density at radius 3 is 2.48 bits per heavy atom. The second-order valence-corrected chi connectivity index (χ2v) is 7.50. The molecule has 0 saturated heterocycles. The second kappa shape index (κ2) is 8.19. The molecule has 3 aromatic carbocycles. The first kappa shape index (κ1) is 20.5. The molecular weight excluding hydrogens is 388 g/mol. The highest BCUT2D eigenvalue weighted by molar-refractivity contribution is 6.18. The Balaban J connectivity index is 2.01. The summed E-state index contributed by atoms with van der Waals surface area (Å²) in [5.41, 5.74) is 4.63. The topological polar surface area (TPSA) is 60.7 Å². The van der Waals surface area contributed by atoms with E-state index < -0.39 is 0 Å². The van der Waals surface area contributed by atoms with Gasteiger partial charge in [0.2, 0.25) is 0 Å². The summed E-state index contributed by atoms with van der Waals surface area (Å²) in [6.45, 7) is 7.98. The molecule has 0 aliphatic rings. The highest BCUT2D eigenvalue weighted by Gasteiger charge is 2.20. The van der Waals surface area contributed by atoms with Crippen LogP contribution >= 0.6 is 0 Å². The predicted octanol–water partition coefficient (Wildman–Crippen LogP) is 5.94. The average Bonchev–Trinajstić information content (AvgIpc) is 3.09. The number of ketones is 2. The molecule has 0 aliphatic carbocycles. The SMILES string of the molecule is C/C=N/Oc1cc(C(C)=O)c2c(c1)c1cc(C(=O)c3ccccc3C)ccc1n2CC. The quantitative estimate of drug-likeness (QED) is 0.224. The summed E-state index contributed by atoms with van der Waals surface area (Å²) in [6.07, 6.45) is 1.55. The van der Waals surface area contributed by atoms with E-state index in [1.54, 1.807) is 26.1 Å². The van der Waals surface area contributed by atoms with E-state index in [-0.39, 0.29) is 11.6 Å². The lowest BCUT2D eigenvalue weighted by atomic mass is 9.97. The van der Waals surface area contributed by atoms with Gasteiger partial charge in [-0.2, -0.15) is 0 Å². The van der Waals surface area contributed by atoms with Crippen molar-refractivity contribution in [2.75, 3.05) is 0 Å². The maximum atomic E-state index is 13.2. The van der Waals surface area contributed by atoms with Gasteiger partial charge in [0, 0.05) is 45.7 Å². The lowest BCUT2D eigenvalue weighted by molar-refractivity contribution is 0.101. The van der Waals surface area contributed by atoms with Crippen molar-refractivity contribution >= 4 is 39.6 Å². The number of aromatic nitrogens is 1. The number of carbonyl (C=O) groups is 2. The molecule has 4 rings (SSSR count). The van der Waals surface area contributed by atoms with Crippen molar-refractivity contribution in [3.05, 3.63) is 76.9 Å². The lowest BCUT2D eigenvalue weighted by Gasteiger charge is -2.08. The molecular formula is C26H24N2O3. The zero-order valence-corrected chi connectivity index (χ0v) is 18.1. The van der Waals surface area contributed by atoms with Crippen LogP contribution in [0.25, 0.3) is 21.8 Å². The zero-order chi connectivity index (χ0) is 22.1. The van der Waals surface area contributed by atoms with Gasteiger partial charge in [0.15, 0.2) is 17.3 Å². The monoisotopic (exact) mass is 412 g/mol. The van der Waals surface area contributed by atoms with E-state index in [1.807, 2.05) is 62.4 Å². The number of benzene rings is 3. The third-order valence-corrected chi connectivity index (χ3v) is 5.54. The first-order chi connectivity index (χ1) is 15.0. The molecule has 0 amide bonds. The number of hydrogen-bond acceptors (Lipinski definition) is 4. The molecule has 0 N–H and O–H groups in total. The van der Waals surface area contributed by atoms with Gasteiger partial charge in [-0.3, -0.25) is 9.59 Å². The number of hydrogen-bond donors (Lipinski definition) is 0. The first-order valence-electron chi connectivity index (χ1n) is 10.3. The van der Waals surface area contributed by atoms with Crippen LogP contribution in [0.3, 0.4) is 0 Å². The van der Waals surface area contributed by atoms with Crippen LogP contribution in [0.4, 0.5) is 0 Å². The van der Waals surface area contributed by atoms with Crippen LogP contribution in [0, 0.1) is 6.92 Å². The fraction of sp³-hybridized carbons (Fsp3) is 0.192. The summed E-state index contributed by atoms with van der Waals surface area (Å²) >= 11 is 0. The lowest BCUT2D eigenvalue weighted by Crippen LogP contribution is -2.03. The summed E-state index contributed by atoms with van der Waals surface area (Å²) in [6, 6.07) is 16.9. The smallest absolute Gasteiger partial charge is 0.193 e. The maximum absolute atomic E-state index is 13.2. The average molecular weight is 412 g/mol. The molecule has 31 heavy (non-hydrogen) atoms. The number of aryl methyl sites for hydroxylation is 2. The van der Waals surface area contributed by atoms with E-state index in [2.05, 4.69) is 9.72 Å². The van der Waals surface area contributed by atoms with Crippen LogP contribution in [0.15, 0.2) is 59.8 Å². The summed E-state index contributed by atoms with van der Waals surface area (Å²) in [7, 11) is 0. The molecule has 1 aromatic heterocycles. The summed E-state index contributed by atoms with van der Waals surface area (Å²) in [5.74, 6) is 0.415. The molecule has 0 spiro atoms. The van der Waals surface area contributed by atoms with Gasteiger partial charge in [-0.1, -0.05) is 29.4 Å². The fourth-order valence-corrected chi connectivity index (χ4v) is 4.10. The Bertz CT molecular complexity index is 1360. The molecule has 0 aliphatic heterocycles. The maximum Gasteiger partial charge on any atom is 0.193 e. The number of nitrogens with zero attached hydrogens (tertiary/aromatic N) is 2. The van der Waals surface area contributed by atoms with Crippen molar-refractivity contribution in [2.45, 2.75) is 34.2 Å². The minimum atomic E-state index is -0.0513. The van der Waals surface area contributed by atoms with Crippen LogP contribution in [-0.2, 0) is 6.54 Å². The molecule has 5 heteroatoms. The van der Waals surface area contributed by atoms with Gasteiger partial charge < -0.3 is 9.40 Å². The van der Waals surface area contributed by atoms with Crippen LogP contribution < -0.4 is 4.84 Å². The van der Waals surface area contributed by atoms with Crippen molar-refractivity contribution in [3.8, 4) is 5.75 Å². The van der Waals surface area contributed by atoms with Crippen molar-refractivity contribution in [1.82, 2.24) is 4.57 Å². The van der Waals surface area contributed by atoms with Gasteiger partial charge in [-0.05, 0) is 63.6 Å². The number of fused-ring (bicyclic) bond motifs is 3. The molecule has 4 aromatic rings. The van der Waals surface area contributed by atoms with Crippen LogP contribution in [-0.4, -0.2) is 22.3 Å². The van der Waals surface area contributed by atoms with E-state index in [0.29, 0.717) is 29.0 Å². The number of rotatable bonds is 6. The molecule has 0 atom stereocenters. The third-order valence-electron chi connectivity index (χ3n) is 5.54.